The second-order valence-electron chi connectivity index (χ2n) is 8.66. The summed E-state index contributed by atoms with van der Waals surface area (Å²) in [7, 11) is 0. The zero-order valence-corrected chi connectivity index (χ0v) is 17.9. The number of benzene rings is 4. The molecule has 2 heteroatoms. The molecule has 2 N–H and O–H groups in total. The molecule has 0 spiro atoms. The van der Waals surface area contributed by atoms with E-state index < -0.39 is 0 Å². The smallest absolute Gasteiger partial charge is 0.120 e. The van der Waals surface area contributed by atoms with E-state index in [1.165, 1.54) is 45.0 Å². The van der Waals surface area contributed by atoms with Gasteiger partial charge in [0.25, 0.3) is 0 Å². The van der Waals surface area contributed by atoms with Crippen molar-refractivity contribution in [2.45, 2.75) is 32.3 Å². The fourth-order valence-corrected chi connectivity index (χ4v) is 4.71. The lowest BCUT2D eigenvalue weighted by atomic mass is 9.82. The van der Waals surface area contributed by atoms with Crippen molar-refractivity contribution in [1.29, 1.82) is 0 Å². The molecule has 0 bridgehead atoms. The van der Waals surface area contributed by atoms with Gasteiger partial charge in [-0.15, -0.1) is 0 Å². The second kappa shape index (κ2) is 8.95. The third-order valence-electron chi connectivity index (χ3n) is 6.53. The van der Waals surface area contributed by atoms with Crippen LogP contribution in [0.25, 0.3) is 21.9 Å². The van der Waals surface area contributed by atoms with Gasteiger partial charge in [0.15, 0.2) is 0 Å². The lowest BCUT2D eigenvalue weighted by molar-refractivity contribution is 0.305. The number of hydrogen-bond acceptors (Lipinski definition) is 2. The summed E-state index contributed by atoms with van der Waals surface area (Å²) >= 11 is 0. The molecule has 0 heterocycles. The molecular weight excluding hydrogens is 378 g/mol. The van der Waals surface area contributed by atoms with Gasteiger partial charge in [-0.25, -0.2) is 0 Å². The standard InChI is InChI=1S/C29H29NO/c30-16-15-21-5-10-28-19-29(14-13-26(28)17-21)31-20-22-6-8-24(9-7-22)27-12-11-23-3-1-2-4-25(23)18-27/h1-4,6-9,11-14,18-19,21H,5,10,15-17,20,30H2. The van der Waals surface area contributed by atoms with Crippen LogP contribution in [0.4, 0.5) is 0 Å². The van der Waals surface area contributed by atoms with Gasteiger partial charge in [-0.1, -0.05) is 66.7 Å². The summed E-state index contributed by atoms with van der Waals surface area (Å²) in [6.07, 6.45) is 4.66. The van der Waals surface area contributed by atoms with Crippen LogP contribution in [0.2, 0.25) is 0 Å². The van der Waals surface area contributed by atoms with Gasteiger partial charge < -0.3 is 10.5 Å². The van der Waals surface area contributed by atoms with Crippen LogP contribution in [-0.4, -0.2) is 6.54 Å². The molecule has 4 aromatic rings. The maximum atomic E-state index is 6.12. The Balaban J connectivity index is 1.24. The van der Waals surface area contributed by atoms with Crippen LogP contribution in [-0.2, 0) is 19.4 Å². The molecule has 2 nitrogen and oxygen atoms in total. The van der Waals surface area contributed by atoms with Crippen LogP contribution in [0.1, 0.15) is 29.5 Å². The summed E-state index contributed by atoms with van der Waals surface area (Å²) < 4.78 is 6.12. The Bertz CT molecular complexity index is 1180. The van der Waals surface area contributed by atoms with E-state index in [2.05, 4.69) is 84.9 Å². The summed E-state index contributed by atoms with van der Waals surface area (Å²) in [4.78, 5) is 0. The first kappa shape index (κ1) is 19.8. The van der Waals surface area contributed by atoms with Crippen molar-refractivity contribution < 1.29 is 4.74 Å². The molecule has 0 saturated heterocycles. The minimum Gasteiger partial charge on any atom is -0.489 e. The van der Waals surface area contributed by atoms with E-state index in [9.17, 15) is 0 Å². The predicted molar refractivity (Wildman–Crippen MR) is 129 cm³/mol. The van der Waals surface area contributed by atoms with E-state index in [4.69, 9.17) is 10.5 Å². The van der Waals surface area contributed by atoms with Crippen LogP contribution in [0.15, 0.2) is 84.9 Å². The number of aryl methyl sites for hydroxylation is 1. The van der Waals surface area contributed by atoms with E-state index in [1.807, 2.05) is 0 Å². The number of rotatable bonds is 6. The lowest BCUT2D eigenvalue weighted by Crippen LogP contribution is -2.17. The zero-order chi connectivity index (χ0) is 21.0. The monoisotopic (exact) mass is 407 g/mol. The Morgan fingerprint density at radius 1 is 0.774 bits per heavy atom. The van der Waals surface area contributed by atoms with Gasteiger partial charge in [-0.05, 0) is 94.9 Å². The van der Waals surface area contributed by atoms with Crippen molar-refractivity contribution in [2.24, 2.45) is 11.7 Å². The highest BCUT2D eigenvalue weighted by Crippen LogP contribution is 2.30. The molecule has 1 atom stereocenters. The fraction of sp³-hybridized carbons (Fsp3) is 0.241. The van der Waals surface area contributed by atoms with Crippen molar-refractivity contribution in [1.82, 2.24) is 0 Å². The van der Waals surface area contributed by atoms with Crippen LogP contribution in [0, 0.1) is 5.92 Å². The van der Waals surface area contributed by atoms with E-state index in [-0.39, 0.29) is 0 Å². The van der Waals surface area contributed by atoms with Gasteiger partial charge in [-0.2, -0.15) is 0 Å². The average molecular weight is 408 g/mol. The minimum absolute atomic E-state index is 0.590. The van der Waals surface area contributed by atoms with E-state index in [0.717, 1.165) is 37.5 Å². The van der Waals surface area contributed by atoms with Crippen molar-refractivity contribution in [3.05, 3.63) is 102 Å². The molecule has 1 aliphatic carbocycles. The molecule has 1 aliphatic rings. The van der Waals surface area contributed by atoms with Gasteiger partial charge in [0.1, 0.15) is 12.4 Å². The van der Waals surface area contributed by atoms with Crippen molar-refractivity contribution in [3.8, 4) is 16.9 Å². The summed E-state index contributed by atoms with van der Waals surface area (Å²) in [5.74, 6) is 1.71. The number of fused-ring (bicyclic) bond motifs is 2. The first-order chi connectivity index (χ1) is 15.3. The van der Waals surface area contributed by atoms with E-state index >= 15 is 0 Å². The average Bonchev–Trinajstić information content (AvgIpc) is 2.83. The summed E-state index contributed by atoms with van der Waals surface area (Å²) in [6.45, 7) is 1.38. The molecule has 0 fully saturated rings. The highest BCUT2D eigenvalue weighted by Gasteiger charge is 2.18. The first-order valence-electron chi connectivity index (χ1n) is 11.3. The van der Waals surface area contributed by atoms with Crippen LogP contribution >= 0.6 is 0 Å². The molecule has 31 heavy (non-hydrogen) atoms. The van der Waals surface area contributed by atoms with Crippen molar-refractivity contribution in [2.75, 3.05) is 6.54 Å². The fourth-order valence-electron chi connectivity index (χ4n) is 4.71. The van der Waals surface area contributed by atoms with Gasteiger partial charge in [0.05, 0.1) is 0 Å². The van der Waals surface area contributed by atoms with Crippen LogP contribution in [0.5, 0.6) is 5.75 Å². The number of ether oxygens (including phenoxy) is 1. The molecular formula is C29H29NO. The van der Waals surface area contributed by atoms with Crippen molar-refractivity contribution >= 4 is 10.8 Å². The maximum absolute atomic E-state index is 6.12. The quantitative estimate of drug-likeness (QED) is 0.394. The second-order valence-corrected chi connectivity index (χ2v) is 8.66. The van der Waals surface area contributed by atoms with E-state index in [1.54, 1.807) is 0 Å². The normalized spacial score (nSPS) is 15.6. The van der Waals surface area contributed by atoms with Crippen molar-refractivity contribution in [3.63, 3.8) is 0 Å². The molecule has 0 radical (unpaired) electrons. The molecule has 0 amide bonds. The minimum atomic E-state index is 0.590. The van der Waals surface area contributed by atoms with Gasteiger partial charge in [-0.3, -0.25) is 0 Å². The first-order valence-corrected chi connectivity index (χ1v) is 11.3. The maximum Gasteiger partial charge on any atom is 0.120 e. The van der Waals surface area contributed by atoms with Crippen LogP contribution in [0.3, 0.4) is 0 Å². The Morgan fingerprint density at radius 3 is 2.42 bits per heavy atom. The third-order valence-corrected chi connectivity index (χ3v) is 6.53. The highest BCUT2D eigenvalue weighted by atomic mass is 16.5. The summed E-state index contributed by atoms with van der Waals surface area (Å²) in [5.41, 5.74) is 12.3. The largest absolute Gasteiger partial charge is 0.489 e. The Labute approximate surface area is 184 Å². The summed E-state index contributed by atoms with van der Waals surface area (Å²) in [6, 6.07) is 30.4. The molecule has 156 valence electrons. The molecule has 1 unspecified atom stereocenters. The van der Waals surface area contributed by atoms with Crippen LogP contribution < -0.4 is 10.5 Å². The lowest BCUT2D eigenvalue weighted by Gasteiger charge is -2.24. The molecule has 5 rings (SSSR count). The summed E-state index contributed by atoms with van der Waals surface area (Å²) in [5, 5.41) is 2.55. The molecule has 0 saturated carbocycles. The van der Waals surface area contributed by atoms with E-state index in [0.29, 0.717) is 6.61 Å². The Hall–Kier alpha value is -3.10. The molecule has 4 aromatic carbocycles. The predicted octanol–water partition coefficient (Wildman–Crippen LogP) is 6.54. The van der Waals surface area contributed by atoms with Gasteiger partial charge in [0, 0.05) is 0 Å². The van der Waals surface area contributed by atoms with Gasteiger partial charge in [0.2, 0.25) is 0 Å². The molecule has 0 aromatic heterocycles. The molecule has 0 aliphatic heterocycles. The third kappa shape index (κ3) is 4.50. The zero-order valence-electron chi connectivity index (χ0n) is 17.9. The number of hydrogen-bond donors (Lipinski definition) is 1. The SMILES string of the molecule is NCCC1CCc2cc(OCc3ccc(-c4ccc5ccccc5c4)cc3)ccc2C1. The highest BCUT2D eigenvalue weighted by molar-refractivity contribution is 5.87. The Morgan fingerprint density at radius 2 is 1.58 bits per heavy atom. The Kier molecular flexibility index (Phi) is 5.73. The van der Waals surface area contributed by atoms with Gasteiger partial charge >= 0.3 is 0 Å². The topological polar surface area (TPSA) is 35.2 Å². The number of nitrogens with two attached hydrogens (primary N) is 1.